The van der Waals surface area contributed by atoms with Crippen LogP contribution in [0.15, 0.2) is 4.52 Å². The molecule has 0 radical (unpaired) electrons. The zero-order chi connectivity index (χ0) is 16.9. The highest BCUT2D eigenvalue weighted by atomic mass is 19.4. The predicted molar refractivity (Wildman–Crippen MR) is 62.6 cm³/mol. The number of nitrogens with two attached hydrogens (primary N) is 1. The molecule has 2 rings (SSSR count). The largest absolute Gasteiger partial charge is 0.490 e. The standard InChI is InChI=1S/C8H12N4O3.C2HF3O2/c9-4-6-10-7(15-11-6)5-2-1-3-12(5)8(13)14;3-2(4,5)1(6)7/h5H,1-4,9H2,(H,13,14);(H,6,7)/t5-;/m1./s1. The fraction of sp³-hybridized carbons (Fsp3) is 0.600. The predicted octanol–water partition coefficient (Wildman–Crippen LogP) is 0.976. The van der Waals surface area contributed by atoms with Gasteiger partial charge in [-0.05, 0) is 12.8 Å². The van der Waals surface area contributed by atoms with E-state index in [4.69, 9.17) is 25.3 Å². The molecule has 0 aromatic carbocycles. The Morgan fingerprint density at radius 1 is 1.41 bits per heavy atom. The number of likely N-dealkylation sites (tertiary alicyclic amines) is 1. The molecule has 22 heavy (non-hydrogen) atoms. The summed E-state index contributed by atoms with van der Waals surface area (Å²) in [6.45, 7) is 0.712. The van der Waals surface area contributed by atoms with Gasteiger partial charge in [0.2, 0.25) is 5.89 Å². The normalized spacial score (nSPS) is 17.8. The zero-order valence-electron chi connectivity index (χ0n) is 11.1. The first-order chi connectivity index (χ1) is 10.2. The van der Waals surface area contributed by atoms with Crippen LogP contribution in [0.2, 0.25) is 0 Å². The molecule has 1 saturated heterocycles. The summed E-state index contributed by atoms with van der Waals surface area (Å²) in [7, 11) is 0. The summed E-state index contributed by atoms with van der Waals surface area (Å²) in [5.74, 6) is -2.01. The third kappa shape index (κ3) is 4.58. The second kappa shape index (κ2) is 7.06. The number of amides is 1. The van der Waals surface area contributed by atoms with Crippen molar-refractivity contribution >= 4 is 12.1 Å². The second-order valence-electron chi connectivity index (χ2n) is 4.19. The van der Waals surface area contributed by atoms with Crippen molar-refractivity contribution in [2.24, 2.45) is 5.73 Å². The number of alkyl halides is 3. The third-order valence-corrected chi connectivity index (χ3v) is 2.69. The van der Waals surface area contributed by atoms with Gasteiger partial charge in [0.1, 0.15) is 6.04 Å². The van der Waals surface area contributed by atoms with Crippen molar-refractivity contribution in [3.63, 3.8) is 0 Å². The molecule has 1 aromatic heterocycles. The first kappa shape index (κ1) is 17.7. The molecule has 1 aliphatic heterocycles. The van der Waals surface area contributed by atoms with Gasteiger partial charge in [-0.2, -0.15) is 18.2 Å². The van der Waals surface area contributed by atoms with Crippen LogP contribution in [0.1, 0.15) is 30.6 Å². The molecular weight excluding hydrogens is 313 g/mol. The SMILES string of the molecule is NCc1noc([C@H]2CCCN2C(=O)O)n1.O=C(O)C(F)(F)F. The monoisotopic (exact) mass is 326 g/mol. The van der Waals surface area contributed by atoms with E-state index >= 15 is 0 Å². The Balaban J connectivity index is 0.000000295. The van der Waals surface area contributed by atoms with Crippen LogP contribution in [-0.4, -0.2) is 50.0 Å². The van der Waals surface area contributed by atoms with Gasteiger partial charge in [-0.15, -0.1) is 0 Å². The summed E-state index contributed by atoms with van der Waals surface area (Å²) in [6, 6.07) is -0.310. The highest BCUT2D eigenvalue weighted by Crippen LogP contribution is 2.30. The maximum atomic E-state index is 10.9. The lowest BCUT2D eigenvalue weighted by Crippen LogP contribution is -2.28. The van der Waals surface area contributed by atoms with E-state index in [1.807, 2.05) is 0 Å². The molecule has 9 nitrogen and oxygen atoms in total. The number of aliphatic carboxylic acids is 1. The first-order valence-corrected chi connectivity index (χ1v) is 5.99. The smallest absolute Gasteiger partial charge is 0.475 e. The van der Waals surface area contributed by atoms with Crippen LogP contribution < -0.4 is 5.73 Å². The van der Waals surface area contributed by atoms with E-state index in [0.29, 0.717) is 18.3 Å². The Morgan fingerprint density at radius 2 is 2.00 bits per heavy atom. The topological polar surface area (TPSA) is 143 Å². The van der Waals surface area contributed by atoms with Crippen molar-refractivity contribution in [1.29, 1.82) is 0 Å². The summed E-state index contributed by atoms with van der Waals surface area (Å²) >= 11 is 0. The fourth-order valence-electron chi connectivity index (χ4n) is 1.74. The lowest BCUT2D eigenvalue weighted by molar-refractivity contribution is -0.192. The van der Waals surface area contributed by atoms with Crippen LogP contribution in [0, 0.1) is 0 Å². The molecule has 0 bridgehead atoms. The van der Waals surface area contributed by atoms with Crippen molar-refractivity contribution < 1.29 is 37.5 Å². The first-order valence-electron chi connectivity index (χ1n) is 5.99. The average molecular weight is 326 g/mol. The lowest BCUT2D eigenvalue weighted by Gasteiger charge is -2.17. The molecule has 0 unspecified atom stereocenters. The van der Waals surface area contributed by atoms with E-state index in [1.165, 1.54) is 4.90 Å². The number of carboxylic acid groups (broad SMARTS) is 2. The van der Waals surface area contributed by atoms with Gasteiger partial charge in [0, 0.05) is 6.54 Å². The van der Waals surface area contributed by atoms with Gasteiger partial charge in [0.25, 0.3) is 0 Å². The Morgan fingerprint density at radius 3 is 2.41 bits per heavy atom. The van der Waals surface area contributed by atoms with Crippen molar-refractivity contribution in [3.8, 4) is 0 Å². The van der Waals surface area contributed by atoms with E-state index in [9.17, 15) is 18.0 Å². The Hall–Kier alpha value is -2.37. The molecule has 1 aromatic rings. The molecule has 0 aliphatic carbocycles. The Labute approximate surface area is 121 Å². The molecule has 0 spiro atoms. The summed E-state index contributed by atoms with van der Waals surface area (Å²) in [4.78, 5) is 25.1. The molecule has 12 heteroatoms. The van der Waals surface area contributed by atoms with Gasteiger partial charge in [0.05, 0.1) is 6.54 Å². The molecule has 1 fully saturated rings. The summed E-state index contributed by atoms with van der Waals surface area (Å²) in [6.07, 6.45) is -4.50. The van der Waals surface area contributed by atoms with Crippen molar-refractivity contribution in [2.45, 2.75) is 31.6 Å². The molecule has 2 heterocycles. The number of halogens is 3. The summed E-state index contributed by atoms with van der Waals surface area (Å²) < 4.78 is 36.7. The summed E-state index contributed by atoms with van der Waals surface area (Å²) in [5, 5.41) is 19.7. The van der Waals surface area contributed by atoms with Crippen molar-refractivity contribution in [2.75, 3.05) is 6.54 Å². The molecule has 124 valence electrons. The van der Waals surface area contributed by atoms with Gasteiger partial charge >= 0.3 is 18.2 Å². The number of aromatic nitrogens is 2. The minimum atomic E-state index is -5.08. The van der Waals surface area contributed by atoms with Gasteiger partial charge in [-0.1, -0.05) is 5.16 Å². The van der Waals surface area contributed by atoms with Crippen molar-refractivity contribution in [3.05, 3.63) is 11.7 Å². The lowest BCUT2D eigenvalue weighted by atomic mass is 10.2. The van der Waals surface area contributed by atoms with Crippen LogP contribution in [0.3, 0.4) is 0 Å². The van der Waals surface area contributed by atoms with E-state index < -0.39 is 18.2 Å². The third-order valence-electron chi connectivity index (χ3n) is 2.69. The number of hydrogen-bond acceptors (Lipinski definition) is 6. The van der Waals surface area contributed by atoms with Gasteiger partial charge in [0.15, 0.2) is 5.82 Å². The zero-order valence-corrected chi connectivity index (χ0v) is 11.1. The maximum Gasteiger partial charge on any atom is 0.490 e. The van der Waals surface area contributed by atoms with Crippen LogP contribution in [0.25, 0.3) is 0 Å². The van der Waals surface area contributed by atoms with E-state index in [1.54, 1.807) is 0 Å². The fourth-order valence-corrected chi connectivity index (χ4v) is 1.74. The molecule has 0 saturated carbocycles. The van der Waals surface area contributed by atoms with Gasteiger partial charge in [-0.3, -0.25) is 4.90 Å². The van der Waals surface area contributed by atoms with E-state index in [0.717, 1.165) is 12.8 Å². The molecular formula is C10H13F3N4O5. The minimum Gasteiger partial charge on any atom is -0.475 e. The number of carboxylic acids is 1. The Kier molecular flexibility index (Phi) is 5.68. The molecule has 1 amide bonds. The Bertz CT molecular complexity index is 533. The van der Waals surface area contributed by atoms with Gasteiger partial charge in [-0.25, -0.2) is 9.59 Å². The van der Waals surface area contributed by atoms with E-state index in [2.05, 4.69) is 10.1 Å². The molecule has 4 N–H and O–H groups in total. The van der Waals surface area contributed by atoms with Crippen LogP contribution in [0.4, 0.5) is 18.0 Å². The van der Waals surface area contributed by atoms with Crippen LogP contribution >= 0.6 is 0 Å². The number of nitrogens with zero attached hydrogens (tertiary/aromatic N) is 3. The quantitative estimate of drug-likeness (QED) is 0.729. The molecule has 1 atom stereocenters. The van der Waals surface area contributed by atoms with Crippen LogP contribution in [0.5, 0.6) is 0 Å². The van der Waals surface area contributed by atoms with Gasteiger partial charge < -0.3 is 20.5 Å². The molecule has 1 aliphatic rings. The van der Waals surface area contributed by atoms with Crippen molar-refractivity contribution in [1.82, 2.24) is 15.0 Å². The summed E-state index contributed by atoms with van der Waals surface area (Å²) in [5.41, 5.74) is 5.34. The van der Waals surface area contributed by atoms with Crippen LogP contribution in [-0.2, 0) is 11.3 Å². The number of rotatable bonds is 2. The second-order valence-corrected chi connectivity index (χ2v) is 4.19. The number of carbonyl (C=O) groups is 2. The minimum absolute atomic E-state index is 0.198. The average Bonchev–Trinajstić information content (AvgIpc) is 3.06. The highest BCUT2D eigenvalue weighted by Gasteiger charge is 2.38. The van der Waals surface area contributed by atoms with E-state index in [-0.39, 0.29) is 12.6 Å². The number of hydrogen-bond donors (Lipinski definition) is 3. The maximum absolute atomic E-state index is 10.9. The highest BCUT2D eigenvalue weighted by molar-refractivity contribution is 5.73.